The molecule has 116 valence electrons. The summed E-state index contributed by atoms with van der Waals surface area (Å²) in [6.07, 6.45) is 0. The number of rotatable bonds is 5. The normalized spacial score (nSPS) is 10.2. The van der Waals surface area contributed by atoms with Crippen molar-refractivity contribution in [3.8, 4) is 23.0 Å². The molecular formula is C15H13Cl2NO4. The van der Waals surface area contributed by atoms with Gasteiger partial charge in [-0.3, -0.25) is 4.79 Å². The van der Waals surface area contributed by atoms with Crippen LogP contribution in [-0.2, 0) is 0 Å². The van der Waals surface area contributed by atoms with Gasteiger partial charge in [0, 0.05) is 12.1 Å². The van der Waals surface area contributed by atoms with Gasteiger partial charge in [0.15, 0.2) is 11.5 Å². The highest BCUT2D eigenvalue weighted by molar-refractivity contribution is 6.42. The average molecular weight is 342 g/mol. The number of ether oxygens (including phenoxy) is 3. The Hall–Kier alpha value is -2.11. The van der Waals surface area contributed by atoms with Crippen molar-refractivity contribution in [1.29, 1.82) is 0 Å². The summed E-state index contributed by atoms with van der Waals surface area (Å²) in [6.45, 7) is 0. The highest BCUT2D eigenvalue weighted by Gasteiger charge is 2.16. The zero-order valence-electron chi connectivity index (χ0n) is 11.9. The topological polar surface area (TPSA) is 70.8 Å². The molecule has 0 aliphatic heterocycles. The number of hydrogen-bond donors (Lipinski definition) is 1. The van der Waals surface area contributed by atoms with Crippen molar-refractivity contribution in [3.05, 3.63) is 45.9 Å². The Balaban J connectivity index is 2.46. The molecule has 7 heteroatoms. The molecule has 2 aromatic rings. The number of carbonyl (C=O) groups excluding carboxylic acids is 1. The Labute approximate surface area is 137 Å². The first kappa shape index (κ1) is 16.3. The maximum atomic E-state index is 11.5. The van der Waals surface area contributed by atoms with Gasteiger partial charge < -0.3 is 19.9 Å². The summed E-state index contributed by atoms with van der Waals surface area (Å²) in [6, 6.07) is 7.77. The van der Waals surface area contributed by atoms with Crippen molar-refractivity contribution >= 4 is 29.1 Å². The number of benzene rings is 2. The van der Waals surface area contributed by atoms with E-state index < -0.39 is 5.91 Å². The Bertz CT molecular complexity index is 719. The second-order valence-electron chi connectivity index (χ2n) is 4.25. The van der Waals surface area contributed by atoms with E-state index in [1.54, 1.807) is 25.3 Å². The van der Waals surface area contributed by atoms with E-state index in [-0.39, 0.29) is 21.4 Å². The van der Waals surface area contributed by atoms with Crippen LogP contribution in [0.15, 0.2) is 30.3 Å². The van der Waals surface area contributed by atoms with Crippen LogP contribution in [0.4, 0.5) is 0 Å². The van der Waals surface area contributed by atoms with E-state index in [2.05, 4.69) is 0 Å². The summed E-state index contributed by atoms with van der Waals surface area (Å²) < 4.78 is 16.0. The van der Waals surface area contributed by atoms with Crippen LogP contribution in [0.25, 0.3) is 0 Å². The number of hydrogen-bond acceptors (Lipinski definition) is 4. The molecule has 0 saturated carbocycles. The zero-order valence-corrected chi connectivity index (χ0v) is 13.4. The van der Waals surface area contributed by atoms with Gasteiger partial charge in [0.05, 0.1) is 29.8 Å². The van der Waals surface area contributed by atoms with Gasteiger partial charge >= 0.3 is 0 Å². The number of halogens is 2. The van der Waals surface area contributed by atoms with Crippen LogP contribution in [0.3, 0.4) is 0 Å². The molecule has 22 heavy (non-hydrogen) atoms. The van der Waals surface area contributed by atoms with Crippen LogP contribution in [0.1, 0.15) is 10.4 Å². The molecule has 0 bridgehead atoms. The molecule has 0 aliphatic rings. The third kappa shape index (κ3) is 3.37. The monoisotopic (exact) mass is 341 g/mol. The lowest BCUT2D eigenvalue weighted by Crippen LogP contribution is -2.12. The number of amides is 1. The van der Waals surface area contributed by atoms with E-state index in [4.69, 9.17) is 43.1 Å². The van der Waals surface area contributed by atoms with E-state index in [1.807, 2.05) is 0 Å². The van der Waals surface area contributed by atoms with Crippen LogP contribution >= 0.6 is 23.2 Å². The lowest BCUT2D eigenvalue weighted by Gasteiger charge is -2.14. The summed E-state index contributed by atoms with van der Waals surface area (Å²) >= 11 is 11.9. The highest BCUT2D eigenvalue weighted by atomic mass is 35.5. The standard InChI is InChI=1S/C15H13Cl2NO4/c1-20-8-3-4-12(14(5-8)21-2)22-13-7-11(17)10(16)6-9(13)15(18)19/h3-7H,1-2H3,(H2,18,19). The van der Waals surface area contributed by atoms with Gasteiger partial charge in [-0.2, -0.15) is 0 Å². The first-order valence-corrected chi connectivity index (χ1v) is 6.90. The second kappa shape index (κ2) is 6.77. The predicted molar refractivity (Wildman–Crippen MR) is 84.6 cm³/mol. The van der Waals surface area contributed by atoms with Gasteiger partial charge in [0.25, 0.3) is 5.91 Å². The minimum Gasteiger partial charge on any atom is -0.497 e. The van der Waals surface area contributed by atoms with Crippen LogP contribution in [-0.4, -0.2) is 20.1 Å². The molecule has 1 amide bonds. The minimum atomic E-state index is -0.680. The van der Waals surface area contributed by atoms with E-state index in [0.29, 0.717) is 17.2 Å². The fraction of sp³-hybridized carbons (Fsp3) is 0.133. The SMILES string of the molecule is COc1ccc(Oc2cc(Cl)c(Cl)cc2C(N)=O)c(OC)c1. The van der Waals surface area contributed by atoms with Crippen molar-refractivity contribution < 1.29 is 19.0 Å². The quantitative estimate of drug-likeness (QED) is 0.895. The molecule has 5 nitrogen and oxygen atoms in total. The maximum Gasteiger partial charge on any atom is 0.252 e. The Kier molecular flexibility index (Phi) is 5.00. The minimum absolute atomic E-state index is 0.118. The van der Waals surface area contributed by atoms with Crippen molar-refractivity contribution in [1.82, 2.24) is 0 Å². The van der Waals surface area contributed by atoms with Gasteiger partial charge in [0.1, 0.15) is 11.5 Å². The van der Waals surface area contributed by atoms with Crippen LogP contribution in [0.2, 0.25) is 10.0 Å². The smallest absolute Gasteiger partial charge is 0.252 e. The second-order valence-corrected chi connectivity index (χ2v) is 5.06. The first-order chi connectivity index (χ1) is 10.5. The highest BCUT2D eigenvalue weighted by Crippen LogP contribution is 2.38. The van der Waals surface area contributed by atoms with E-state index in [1.165, 1.54) is 19.2 Å². The molecule has 0 aromatic heterocycles. The third-order valence-corrected chi connectivity index (χ3v) is 3.60. The van der Waals surface area contributed by atoms with E-state index in [9.17, 15) is 4.79 Å². The molecule has 2 aromatic carbocycles. The summed E-state index contributed by atoms with van der Waals surface area (Å²) in [5, 5.41) is 0.457. The largest absolute Gasteiger partial charge is 0.497 e. The van der Waals surface area contributed by atoms with Gasteiger partial charge in [-0.05, 0) is 18.2 Å². The molecule has 0 spiro atoms. The molecule has 2 rings (SSSR count). The van der Waals surface area contributed by atoms with Crippen molar-refractivity contribution in [3.63, 3.8) is 0 Å². The van der Waals surface area contributed by atoms with Gasteiger partial charge in [-0.25, -0.2) is 0 Å². The molecular weight excluding hydrogens is 329 g/mol. The molecule has 0 radical (unpaired) electrons. The van der Waals surface area contributed by atoms with Crippen molar-refractivity contribution in [2.45, 2.75) is 0 Å². The fourth-order valence-corrected chi connectivity index (χ4v) is 2.10. The van der Waals surface area contributed by atoms with Gasteiger partial charge in [-0.15, -0.1) is 0 Å². The Morgan fingerprint density at radius 2 is 1.64 bits per heavy atom. The van der Waals surface area contributed by atoms with Crippen LogP contribution in [0.5, 0.6) is 23.0 Å². The predicted octanol–water partition coefficient (Wildman–Crippen LogP) is 3.90. The average Bonchev–Trinajstić information content (AvgIpc) is 2.50. The number of carbonyl (C=O) groups is 1. The molecule has 0 heterocycles. The summed E-state index contributed by atoms with van der Waals surface area (Å²) in [7, 11) is 3.03. The van der Waals surface area contributed by atoms with Gasteiger partial charge in [0.2, 0.25) is 0 Å². The lowest BCUT2D eigenvalue weighted by atomic mass is 10.2. The van der Waals surface area contributed by atoms with E-state index in [0.717, 1.165) is 0 Å². The fourth-order valence-electron chi connectivity index (χ4n) is 1.78. The van der Waals surface area contributed by atoms with Gasteiger partial charge in [-0.1, -0.05) is 23.2 Å². The van der Waals surface area contributed by atoms with E-state index >= 15 is 0 Å². The Morgan fingerprint density at radius 1 is 0.955 bits per heavy atom. The number of methoxy groups -OCH3 is 2. The zero-order chi connectivity index (χ0) is 16.3. The first-order valence-electron chi connectivity index (χ1n) is 6.15. The molecule has 0 aliphatic carbocycles. The molecule has 0 atom stereocenters. The van der Waals surface area contributed by atoms with Crippen molar-refractivity contribution in [2.24, 2.45) is 5.73 Å². The Morgan fingerprint density at radius 3 is 2.23 bits per heavy atom. The summed E-state index contributed by atoms with van der Waals surface area (Å²) in [5.41, 5.74) is 5.45. The molecule has 0 unspecified atom stereocenters. The third-order valence-electron chi connectivity index (χ3n) is 2.88. The summed E-state index contributed by atoms with van der Waals surface area (Å²) in [5.74, 6) is 0.921. The number of nitrogens with two attached hydrogens (primary N) is 1. The summed E-state index contributed by atoms with van der Waals surface area (Å²) in [4.78, 5) is 11.5. The van der Waals surface area contributed by atoms with Crippen LogP contribution in [0, 0.1) is 0 Å². The maximum absolute atomic E-state index is 11.5. The molecule has 0 saturated heterocycles. The van der Waals surface area contributed by atoms with Crippen molar-refractivity contribution in [2.75, 3.05) is 14.2 Å². The molecule has 2 N–H and O–H groups in total. The number of primary amides is 1. The lowest BCUT2D eigenvalue weighted by molar-refractivity contribution is 0.0998. The van der Waals surface area contributed by atoms with Crippen LogP contribution < -0.4 is 19.9 Å². The molecule has 0 fully saturated rings.